The Kier molecular flexibility index (Phi) is 4.23. The van der Waals surface area contributed by atoms with Crippen molar-refractivity contribution in [1.82, 2.24) is 10.3 Å². The molecule has 8 heteroatoms. The SMILES string of the molecule is Cc1oc(CNC(=O)c2cc(F)cnc2Cl)cc1C(=O)O. The van der Waals surface area contributed by atoms with Crippen LogP contribution < -0.4 is 5.32 Å². The molecule has 2 aromatic rings. The maximum Gasteiger partial charge on any atom is 0.339 e. The van der Waals surface area contributed by atoms with Gasteiger partial charge in [-0.15, -0.1) is 0 Å². The number of hydrogen-bond donors (Lipinski definition) is 2. The van der Waals surface area contributed by atoms with Crippen LogP contribution in [0.15, 0.2) is 22.7 Å². The van der Waals surface area contributed by atoms with Gasteiger partial charge in [0.25, 0.3) is 5.91 Å². The minimum Gasteiger partial charge on any atom is -0.478 e. The molecule has 1 amide bonds. The van der Waals surface area contributed by atoms with Crippen LogP contribution in [0.4, 0.5) is 4.39 Å². The molecule has 0 radical (unpaired) electrons. The average Bonchev–Trinajstić information content (AvgIpc) is 2.80. The third kappa shape index (κ3) is 3.38. The van der Waals surface area contributed by atoms with Gasteiger partial charge in [-0.2, -0.15) is 0 Å². The van der Waals surface area contributed by atoms with E-state index >= 15 is 0 Å². The van der Waals surface area contributed by atoms with Gasteiger partial charge in [0.2, 0.25) is 0 Å². The molecule has 21 heavy (non-hydrogen) atoms. The number of aryl methyl sites for hydroxylation is 1. The molecule has 0 unspecified atom stereocenters. The number of rotatable bonds is 4. The van der Waals surface area contributed by atoms with Gasteiger partial charge in [0.1, 0.15) is 28.1 Å². The monoisotopic (exact) mass is 312 g/mol. The number of amides is 1. The highest BCUT2D eigenvalue weighted by Gasteiger charge is 2.16. The lowest BCUT2D eigenvalue weighted by atomic mass is 10.2. The summed E-state index contributed by atoms with van der Waals surface area (Å²) in [5.74, 6) is -1.95. The number of hydrogen-bond acceptors (Lipinski definition) is 4. The number of aromatic carboxylic acids is 1. The highest BCUT2D eigenvalue weighted by atomic mass is 35.5. The predicted octanol–water partition coefficient (Wildman–Crippen LogP) is 2.40. The Bertz CT molecular complexity index is 714. The highest BCUT2D eigenvalue weighted by Crippen LogP contribution is 2.16. The lowest BCUT2D eigenvalue weighted by Gasteiger charge is -2.04. The fraction of sp³-hybridized carbons (Fsp3) is 0.154. The van der Waals surface area contributed by atoms with Gasteiger partial charge in [-0.05, 0) is 19.1 Å². The van der Waals surface area contributed by atoms with Crippen LogP contribution >= 0.6 is 11.6 Å². The molecule has 0 aliphatic carbocycles. The molecule has 6 nitrogen and oxygen atoms in total. The summed E-state index contributed by atoms with van der Waals surface area (Å²) in [4.78, 5) is 26.2. The Hall–Kier alpha value is -2.41. The Labute approximate surface area is 123 Å². The van der Waals surface area contributed by atoms with Crippen LogP contribution in [0.1, 0.15) is 32.2 Å². The first-order valence-corrected chi connectivity index (χ1v) is 6.18. The van der Waals surface area contributed by atoms with Gasteiger partial charge < -0.3 is 14.8 Å². The summed E-state index contributed by atoms with van der Waals surface area (Å²) < 4.78 is 18.2. The molecule has 0 spiro atoms. The van der Waals surface area contributed by atoms with Gasteiger partial charge in [0.15, 0.2) is 0 Å². The van der Waals surface area contributed by atoms with Gasteiger partial charge in [-0.1, -0.05) is 11.6 Å². The minimum atomic E-state index is -1.12. The normalized spacial score (nSPS) is 10.4. The van der Waals surface area contributed by atoms with E-state index in [-0.39, 0.29) is 34.3 Å². The van der Waals surface area contributed by atoms with E-state index < -0.39 is 17.7 Å². The van der Waals surface area contributed by atoms with E-state index in [1.165, 1.54) is 13.0 Å². The maximum atomic E-state index is 13.0. The van der Waals surface area contributed by atoms with E-state index in [4.69, 9.17) is 21.1 Å². The molecule has 0 aliphatic rings. The van der Waals surface area contributed by atoms with Crippen molar-refractivity contribution in [2.75, 3.05) is 0 Å². The molecule has 0 atom stereocenters. The van der Waals surface area contributed by atoms with Crippen molar-refractivity contribution in [3.8, 4) is 0 Å². The number of pyridine rings is 1. The number of nitrogens with one attached hydrogen (secondary N) is 1. The third-order valence-corrected chi connectivity index (χ3v) is 2.97. The Morgan fingerprint density at radius 1 is 1.43 bits per heavy atom. The first kappa shape index (κ1) is 15.0. The minimum absolute atomic E-state index is 0.0182. The van der Waals surface area contributed by atoms with Crippen LogP contribution in [-0.4, -0.2) is 22.0 Å². The van der Waals surface area contributed by atoms with E-state index in [1.54, 1.807) is 0 Å². The Balaban J connectivity index is 2.09. The van der Waals surface area contributed by atoms with E-state index in [0.717, 1.165) is 12.3 Å². The van der Waals surface area contributed by atoms with Crippen LogP contribution in [0, 0.1) is 12.7 Å². The van der Waals surface area contributed by atoms with E-state index in [0.29, 0.717) is 0 Å². The van der Waals surface area contributed by atoms with Crippen molar-refractivity contribution in [3.05, 3.63) is 51.9 Å². The number of halogens is 2. The van der Waals surface area contributed by atoms with Crippen molar-refractivity contribution in [2.24, 2.45) is 0 Å². The topological polar surface area (TPSA) is 92.4 Å². The first-order valence-electron chi connectivity index (χ1n) is 5.80. The van der Waals surface area contributed by atoms with Crippen molar-refractivity contribution in [2.45, 2.75) is 13.5 Å². The van der Waals surface area contributed by atoms with Crippen LogP contribution in [0.3, 0.4) is 0 Å². The molecular weight excluding hydrogens is 303 g/mol. The largest absolute Gasteiger partial charge is 0.478 e. The van der Waals surface area contributed by atoms with Crippen molar-refractivity contribution in [3.63, 3.8) is 0 Å². The molecule has 110 valence electrons. The molecule has 0 bridgehead atoms. The fourth-order valence-corrected chi connectivity index (χ4v) is 1.88. The number of carbonyl (C=O) groups is 2. The molecule has 2 N–H and O–H groups in total. The first-order chi connectivity index (χ1) is 9.88. The number of nitrogens with zero attached hydrogens (tertiary/aromatic N) is 1. The number of carboxylic acid groups (broad SMARTS) is 1. The molecule has 0 saturated heterocycles. The van der Waals surface area contributed by atoms with Crippen LogP contribution in [0.2, 0.25) is 5.15 Å². The van der Waals surface area contributed by atoms with Gasteiger partial charge in [-0.25, -0.2) is 14.2 Å². The number of furan rings is 1. The third-order valence-electron chi connectivity index (χ3n) is 2.67. The second-order valence-corrected chi connectivity index (χ2v) is 4.52. The number of carbonyl (C=O) groups excluding carboxylic acids is 1. The zero-order valence-electron chi connectivity index (χ0n) is 10.8. The molecule has 2 aromatic heterocycles. The van der Waals surface area contributed by atoms with Gasteiger partial charge >= 0.3 is 5.97 Å². The quantitative estimate of drug-likeness (QED) is 0.846. The van der Waals surface area contributed by atoms with Crippen molar-refractivity contribution >= 4 is 23.5 Å². The maximum absolute atomic E-state index is 13.0. The summed E-state index contributed by atoms with van der Waals surface area (Å²) >= 11 is 5.70. The van der Waals surface area contributed by atoms with Gasteiger partial charge in [0, 0.05) is 0 Å². The summed E-state index contributed by atoms with van der Waals surface area (Å²) in [6, 6.07) is 2.27. The molecule has 0 saturated carbocycles. The number of carboxylic acids is 1. The molecule has 0 aliphatic heterocycles. The number of aromatic nitrogens is 1. The summed E-state index contributed by atoms with van der Waals surface area (Å²) in [7, 11) is 0. The second-order valence-electron chi connectivity index (χ2n) is 4.16. The Morgan fingerprint density at radius 2 is 2.14 bits per heavy atom. The zero-order chi connectivity index (χ0) is 15.6. The van der Waals surface area contributed by atoms with Crippen molar-refractivity contribution < 1.29 is 23.5 Å². The van der Waals surface area contributed by atoms with Gasteiger partial charge in [0.05, 0.1) is 18.3 Å². The molecule has 2 heterocycles. The lowest BCUT2D eigenvalue weighted by molar-refractivity contribution is 0.0694. The lowest BCUT2D eigenvalue weighted by Crippen LogP contribution is -2.23. The summed E-state index contributed by atoms with van der Waals surface area (Å²) in [6.07, 6.45) is 0.897. The molecular formula is C13H10ClFN2O4. The molecule has 0 aromatic carbocycles. The van der Waals surface area contributed by atoms with Crippen LogP contribution in [0.25, 0.3) is 0 Å². The smallest absolute Gasteiger partial charge is 0.339 e. The molecule has 2 rings (SSSR count). The predicted molar refractivity (Wildman–Crippen MR) is 70.8 cm³/mol. The van der Waals surface area contributed by atoms with Crippen molar-refractivity contribution in [1.29, 1.82) is 0 Å². The summed E-state index contributed by atoms with van der Waals surface area (Å²) in [5, 5.41) is 11.2. The van der Waals surface area contributed by atoms with E-state index in [9.17, 15) is 14.0 Å². The summed E-state index contributed by atoms with van der Waals surface area (Å²) in [6.45, 7) is 1.45. The standard InChI is InChI=1S/C13H10ClFN2O4/c1-6-9(13(19)20)3-8(21-6)5-17-12(18)10-2-7(15)4-16-11(10)14/h2-4H,5H2,1H3,(H,17,18)(H,19,20). The van der Waals surface area contributed by atoms with Gasteiger partial charge in [-0.3, -0.25) is 4.79 Å². The fourth-order valence-electron chi connectivity index (χ4n) is 1.69. The van der Waals surface area contributed by atoms with Crippen LogP contribution in [-0.2, 0) is 6.54 Å². The average molecular weight is 313 g/mol. The van der Waals surface area contributed by atoms with E-state index in [1.807, 2.05) is 0 Å². The van der Waals surface area contributed by atoms with Crippen LogP contribution in [0.5, 0.6) is 0 Å². The Morgan fingerprint density at radius 3 is 2.76 bits per heavy atom. The second kappa shape index (κ2) is 5.92. The molecule has 0 fully saturated rings. The van der Waals surface area contributed by atoms with E-state index in [2.05, 4.69) is 10.3 Å². The zero-order valence-corrected chi connectivity index (χ0v) is 11.6. The highest BCUT2D eigenvalue weighted by molar-refractivity contribution is 6.32. The summed E-state index contributed by atoms with van der Waals surface area (Å²) in [5.41, 5.74) is -0.0943.